The highest BCUT2D eigenvalue weighted by Crippen LogP contribution is 2.41. The van der Waals surface area contributed by atoms with E-state index in [9.17, 15) is 8.78 Å². The molecule has 1 aromatic carbocycles. The van der Waals surface area contributed by atoms with Crippen molar-refractivity contribution in [3.63, 3.8) is 0 Å². The van der Waals surface area contributed by atoms with Gasteiger partial charge in [0.15, 0.2) is 0 Å². The van der Waals surface area contributed by atoms with Gasteiger partial charge in [-0.15, -0.1) is 0 Å². The second kappa shape index (κ2) is 6.00. The minimum atomic E-state index is -2.44. The highest BCUT2D eigenvalue weighted by molar-refractivity contribution is 5.25. The molecule has 0 bridgehead atoms. The van der Waals surface area contributed by atoms with E-state index in [1.165, 1.54) is 11.1 Å². The van der Waals surface area contributed by atoms with E-state index < -0.39 is 5.92 Å². The van der Waals surface area contributed by atoms with E-state index in [1.807, 2.05) is 7.05 Å². The minimum Gasteiger partial charge on any atom is -0.313 e. The van der Waals surface area contributed by atoms with Crippen molar-refractivity contribution in [2.24, 2.45) is 5.92 Å². The van der Waals surface area contributed by atoms with Gasteiger partial charge in [-0.25, -0.2) is 8.78 Å². The van der Waals surface area contributed by atoms with Crippen molar-refractivity contribution < 1.29 is 8.78 Å². The zero-order chi connectivity index (χ0) is 13.9. The maximum absolute atomic E-state index is 13.2. The van der Waals surface area contributed by atoms with E-state index in [2.05, 4.69) is 36.5 Å². The van der Waals surface area contributed by atoms with Crippen LogP contribution in [0.5, 0.6) is 0 Å². The number of alkyl halides is 2. The van der Waals surface area contributed by atoms with E-state index in [-0.39, 0.29) is 18.9 Å². The molecule has 1 saturated carbocycles. The molecule has 2 rings (SSSR count). The number of rotatable bonds is 4. The Morgan fingerprint density at radius 1 is 1.21 bits per heavy atom. The second-order valence-electron chi connectivity index (χ2n) is 5.55. The van der Waals surface area contributed by atoms with Crippen LogP contribution in [0.15, 0.2) is 24.3 Å². The standard InChI is InChI=1S/C16H23F2N/c1-3-12-4-6-13(7-5-12)15(19-2)14-8-10-16(17,18)11-9-14/h4-7,14-15,19H,3,8-11H2,1-2H3. The fourth-order valence-electron chi connectivity index (χ4n) is 3.03. The molecule has 1 aliphatic rings. The van der Waals surface area contributed by atoms with Crippen LogP contribution in [-0.4, -0.2) is 13.0 Å². The van der Waals surface area contributed by atoms with Crippen LogP contribution in [0.25, 0.3) is 0 Å². The largest absolute Gasteiger partial charge is 0.313 e. The predicted octanol–water partition coefficient (Wildman–Crippen LogP) is 4.34. The van der Waals surface area contributed by atoms with Crippen molar-refractivity contribution in [3.05, 3.63) is 35.4 Å². The molecule has 19 heavy (non-hydrogen) atoms. The van der Waals surface area contributed by atoms with Crippen LogP contribution >= 0.6 is 0 Å². The summed E-state index contributed by atoms with van der Waals surface area (Å²) in [6.45, 7) is 2.13. The number of halogens is 2. The molecule has 1 aliphatic carbocycles. The molecule has 0 amide bonds. The highest BCUT2D eigenvalue weighted by atomic mass is 19.3. The van der Waals surface area contributed by atoms with Crippen molar-refractivity contribution in [1.82, 2.24) is 5.32 Å². The molecule has 1 N–H and O–H groups in total. The first-order valence-corrected chi connectivity index (χ1v) is 7.19. The summed E-state index contributed by atoms with van der Waals surface area (Å²) in [6.07, 6.45) is 2.30. The Hall–Kier alpha value is -0.960. The molecule has 0 radical (unpaired) electrons. The summed E-state index contributed by atoms with van der Waals surface area (Å²) in [6, 6.07) is 8.73. The van der Waals surface area contributed by atoms with Crippen molar-refractivity contribution in [3.8, 4) is 0 Å². The first-order chi connectivity index (χ1) is 9.05. The third kappa shape index (κ3) is 3.53. The van der Waals surface area contributed by atoms with Gasteiger partial charge >= 0.3 is 0 Å². The number of benzene rings is 1. The topological polar surface area (TPSA) is 12.0 Å². The molecular weight excluding hydrogens is 244 g/mol. The fourth-order valence-corrected chi connectivity index (χ4v) is 3.03. The zero-order valence-electron chi connectivity index (χ0n) is 11.8. The molecule has 106 valence electrons. The molecule has 0 spiro atoms. The van der Waals surface area contributed by atoms with E-state index >= 15 is 0 Å². The van der Waals surface area contributed by atoms with Crippen LogP contribution < -0.4 is 5.32 Å². The average Bonchev–Trinajstić information content (AvgIpc) is 2.42. The Bertz CT molecular complexity index is 390. The summed E-state index contributed by atoms with van der Waals surface area (Å²) >= 11 is 0. The Balaban J connectivity index is 2.07. The predicted molar refractivity (Wildman–Crippen MR) is 74.5 cm³/mol. The van der Waals surface area contributed by atoms with E-state index in [0.29, 0.717) is 18.8 Å². The SMILES string of the molecule is CCc1ccc(C(NC)C2CCC(F)(F)CC2)cc1. The van der Waals surface area contributed by atoms with Gasteiger partial charge in [-0.05, 0) is 43.4 Å². The Labute approximate surface area is 114 Å². The van der Waals surface area contributed by atoms with Crippen molar-refractivity contribution in [1.29, 1.82) is 0 Å². The van der Waals surface area contributed by atoms with Crippen LogP contribution in [0.4, 0.5) is 8.78 Å². The number of hydrogen-bond acceptors (Lipinski definition) is 1. The third-order valence-electron chi connectivity index (χ3n) is 4.29. The van der Waals surface area contributed by atoms with Gasteiger partial charge in [0, 0.05) is 18.9 Å². The number of hydrogen-bond donors (Lipinski definition) is 1. The molecule has 0 aliphatic heterocycles. The summed E-state index contributed by atoms with van der Waals surface area (Å²) in [5.41, 5.74) is 2.53. The lowest BCUT2D eigenvalue weighted by molar-refractivity contribution is -0.0495. The third-order valence-corrected chi connectivity index (χ3v) is 4.29. The summed E-state index contributed by atoms with van der Waals surface area (Å²) < 4.78 is 26.5. The smallest absolute Gasteiger partial charge is 0.248 e. The van der Waals surface area contributed by atoms with Crippen molar-refractivity contribution in [2.75, 3.05) is 7.05 Å². The lowest BCUT2D eigenvalue weighted by Gasteiger charge is -2.34. The Morgan fingerprint density at radius 3 is 2.26 bits per heavy atom. The maximum Gasteiger partial charge on any atom is 0.248 e. The summed E-state index contributed by atoms with van der Waals surface area (Å²) in [5.74, 6) is -2.13. The first kappa shape index (κ1) is 14.4. The lowest BCUT2D eigenvalue weighted by atomic mass is 9.79. The van der Waals surface area contributed by atoms with Gasteiger partial charge < -0.3 is 5.32 Å². The summed E-state index contributed by atoms with van der Waals surface area (Å²) in [7, 11) is 1.92. The van der Waals surface area contributed by atoms with Gasteiger partial charge in [0.2, 0.25) is 5.92 Å². The molecule has 1 fully saturated rings. The zero-order valence-corrected chi connectivity index (χ0v) is 11.8. The van der Waals surface area contributed by atoms with Gasteiger partial charge in [0.1, 0.15) is 0 Å². The van der Waals surface area contributed by atoms with E-state index in [4.69, 9.17) is 0 Å². The molecule has 1 atom stereocenters. The second-order valence-corrected chi connectivity index (χ2v) is 5.55. The monoisotopic (exact) mass is 267 g/mol. The fraction of sp³-hybridized carbons (Fsp3) is 0.625. The normalized spacial score (nSPS) is 21.3. The molecule has 0 heterocycles. The van der Waals surface area contributed by atoms with Crippen LogP contribution in [-0.2, 0) is 6.42 Å². The number of aryl methyl sites for hydroxylation is 1. The summed E-state index contributed by atoms with van der Waals surface area (Å²) in [5, 5.41) is 3.31. The Kier molecular flexibility index (Phi) is 4.56. The molecular formula is C16H23F2N. The maximum atomic E-state index is 13.2. The molecule has 3 heteroatoms. The van der Waals surface area contributed by atoms with Crippen LogP contribution in [0, 0.1) is 5.92 Å². The first-order valence-electron chi connectivity index (χ1n) is 7.19. The van der Waals surface area contributed by atoms with Gasteiger partial charge in [-0.2, -0.15) is 0 Å². The van der Waals surface area contributed by atoms with Crippen LogP contribution in [0.3, 0.4) is 0 Å². The van der Waals surface area contributed by atoms with Crippen molar-refractivity contribution in [2.45, 2.75) is 51.0 Å². The lowest BCUT2D eigenvalue weighted by Crippen LogP contribution is -2.32. The van der Waals surface area contributed by atoms with E-state index in [0.717, 1.165) is 6.42 Å². The summed E-state index contributed by atoms with van der Waals surface area (Å²) in [4.78, 5) is 0. The Morgan fingerprint density at radius 2 is 1.79 bits per heavy atom. The molecule has 1 nitrogen and oxygen atoms in total. The number of nitrogens with one attached hydrogen (secondary N) is 1. The molecule has 0 aromatic heterocycles. The molecule has 1 aromatic rings. The van der Waals surface area contributed by atoms with Crippen LogP contribution in [0.1, 0.15) is 49.8 Å². The van der Waals surface area contributed by atoms with Gasteiger partial charge in [-0.1, -0.05) is 31.2 Å². The average molecular weight is 267 g/mol. The van der Waals surface area contributed by atoms with Crippen LogP contribution in [0.2, 0.25) is 0 Å². The van der Waals surface area contributed by atoms with Crippen molar-refractivity contribution >= 4 is 0 Å². The van der Waals surface area contributed by atoms with Gasteiger partial charge in [0.05, 0.1) is 0 Å². The van der Waals surface area contributed by atoms with E-state index in [1.54, 1.807) is 0 Å². The highest BCUT2D eigenvalue weighted by Gasteiger charge is 2.37. The van der Waals surface area contributed by atoms with Gasteiger partial charge in [-0.3, -0.25) is 0 Å². The molecule has 1 unspecified atom stereocenters. The quantitative estimate of drug-likeness (QED) is 0.856. The van der Waals surface area contributed by atoms with Gasteiger partial charge in [0.25, 0.3) is 0 Å². The molecule has 0 saturated heterocycles. The minimum absolute atomic E-state index is 0.0306.